The summed E-state index contributed by atoms with van der Waals surface area (Å²) >= 11 is 0. The van der Waals surface area contributed by atoms with E-state index < -0.39 is 0 Å². The lowest BCUT2D eigenvalue weighted by Crippen LogP contribution is -2.63. The van der Waals surface area contributed by atoms with Crippen LogP contribution in [0.2, 0.25) is 0 Å². The number of amidine groups is 2. The molecule has 0 aromatic heterocycles. The third-order valence-corrected chi connectivity index (χ3v) is 17.2. The first kappa shape index (κ1) is 54.6. The number of nitrogens with one attached hydrogen (secondary N) is 4. The predicted octanol–water partition coefficient (Wildman–Crippen LogP) is 8.18. The highest BCUT2D eigenvalue weighted by molar-refractivity contribution is 5.93. The molecule has 0 aliphatic carbocycles. The highest BCUT2D eigenvalue weighted by atomic mass is 16.8. The Hall–Kier alpha value is -2.70. The molecule has 16 heteroatoms. The zero-order chi connectivity index (χ0) is 50.5. The number of rotatable bonds is 15. The number of hydrazine groups is 4. The van der Waals surface area contributed by atoms with Crippen LogP contribution in [0.3, 0.4) is 0 Å². The Kier molecular flexibility index (Phi) is 16.1. The molecule has 0 radical (unpaired) electrons. The molecule has 4 saturated heterocycles. The lowest BCUT2D eigenvalue weighted by Gasteiger charge is -2.54. The second-order valence-corrected chi connectivity index (χ2v) is 26.3. The molecule has 6 aliphatic heterocycles. The van der Waals surface area contributed by atoms with Gasteiger partial charge in [-0.05, 0) is 177 Å². The van der Waals surface area contributed by atoms with E-state index in [4.69, 9.17) is 29.1 Å². The van der Waals surface area contributed by atoms with Crippen LogP contribution in [0.15, 0.2) is 33.9 Å². The van der Waals surface area contributed by atoms with Gasteiger partial charge in [-0.3, -0.25) is 50.1 Å². The van der Waals surface area contributed by atoms with Crippen molar-refractivity contribution >= 4 is 11.7 Å². The molecule has 4 N–H and O–H groups in total. The summed E-state index contributed by atoms with van der Waals surface area (Å²) in [5, 5.41) is 3.27. The van der Waals surface area contributed by atoms with Crippen molar-refractivity contribution in [1.29, 1.82) is 0 Å². The maximum absolute atomic E-state index is 6.78. The van der Waals surface area contributed by atoms with Crippen LogP contribution in [0.25, 0.3) is 0 Å². The van der Waals surface area contributed by atoms with Gasteiger partial charge in [0.15, 0.2) is 0 Å². The summed E-state index contributed by atoms with van der Waals surface area (Å²) in [4.78, 5) is 33.3. The van der Waals surface area contributed by atoms with Crippen molar-refractivity contribution in [1.82, 2.24) is 51.9 Å². The highest BCUT2D eigenvalue weighted by Crippen LogP contribution is 2.42. The van der Waals surface area contributed by atoms with Gasteiger partial charge in [0.05, 0.1) is 12.2 Å². The van der Waals surface area contributed by atoms with Gasteiger partial charge in [0.2, 0.25) is 11.8 Å². The third-order valence-electron chi connectivity index (χ3n) is 17.2. The Labute approximate surface area is 413 Å². The van der Waals surface area contributed by atoms with E-state index in [9.17, 15) is 0 Å². The number of hydrogen-bond donors (Lipinski definition) is 4. The summed E-state index contributed by atoms with van der Waals surface area (Å²) in [7, 11) is 8.90. The van der Waals surface area contributed by atoms with E-state index in [1.807, 2.05) is 12.2 Å². The number of likely N-dealkylation sites (tertiary alicyclic amines) is 4. The van der Waals surface area contributed by atoms with Crippen LogP contribution >= 0.6 is 0 Å². The van der Waals surface area contributed by atoms with Crippen LogP contribution in [0, 0.1) is 0 Å². The minimum Gasteiger partial charge on any atom is -0.475 e. The number of piperidine rings is 4. The van der Waals surface area contributed by atoms with Gasteiger partial charge in [0.1, 0.15) is 23.9 Å². The molecule has 0 bridgehead atoms. The van der Waals surface area contributed by atoms with Gasteiger partial charge in [0.25, 0.3) is 0 Å². The van der Waals surface area contributed by atoms with E-state index in [0.717, 1.165) is 88.7 Å². The molecular weight excluding hydrogens is 857 g/mol. The monoisotopic (exact) mass is 955 g/mol. The summed E-state index contributed by atoms with van der Waals surface area (Å²) in [5.41, 5.74) is 13.6. The Morgan fingerprint density at radius 1 is 0.397 bits per heavy atom. The second-order valence-electron chi connectivity index (χ2n) is 26.3. The topological polar surface area (TPSA) is 129 Å². The van der Waals surface area contributed by atoms with E-state index in [2.05, 4.69) is 180 Å². The molecule has 4 fully saturated rings. The molecule has 68 heavy (non-hydrogen) atoms. The second kappa shape index (κ2) is 20.1. The first-order chi connectivity index (χ1) is 31.2. The minimum absolute atomic E-state index is 0.000372. The Balaban J connectivity index is 1.07. The van der Waals surface area contributed by atoms with Gasteiger partial charge >= 0.3 is 0 Å². The fourth-order valence-corrected chi connectivity index (χ4v) is 12.3. The Morgan fingerprint density at radius 2 is 0.647 bits per heavy atom. The van der Waals surface area contributed by atoms with Gasteiger partial charge in [0, 0.05) is 106 Å². The summed E-state index contributed by atoms with van der Waals surface area (Å²) in [6.07, 6.45) is 15.4. The van der Waals surface area contributed by atoms with Crippen LogP contribution < -0.4 is 21.7 Å². The largest absolute Gasteiger partial charge is 0.475 e. The number of hydrogen-bond acceptors (Lipinski definition) is 14. The first-order valence-corrected chi connectivity index (χ1v) is 26.0. The average Bonchev–Trinajstić information content (AvgIpc) is 3.17. The van der Waals surface area contributed by atoms with Crippen LogP contribution in [0.1, 0.15) is 188 Å². The molecule has 0 spiro atoms. The fourth-order valence-electron chi connectivity index (χ4n) is 12.3. The van der Waals surface area contributed by atoms with E-state index in [1.54, 1.807) is 10.6 Å². The van der Waals surface area contributed by atoms with Crippen molar-refractivity contribution in [3.63, 3.8) is 0 Å². The van der Waals surface area contributed by atoms with Crippen molar-refractivity contribution in [3.8, 4) is 0 Å². The zero-order valence-corrected chi connectivity index (χ0v) is 46.6. The molecule has 6 rings (SSSR count). The number of unbranched alkanes of at least 4 members (excludes halogenated alkanes) is 3. The molecule has 6 aliphatic rings. The van der Waals surface area contributed by atoms with Gasteiger partial charge in [-0.1, -0.05) is 12.8 Å². The van der Waals surface area contributed by atoms with E-state index in [0.29, 0.717) is 24.9 Å². The molecule has 0 unspecified atom stereocenters. The van der Waals surface area contributed by atoms with Crippen molar-refractivity contribution in [2.45, 2.75) is 257 Å². The maximum atomic E-state index is 6.78. The fraction of sp³-hybridized carbons (Fsp3) is 0.885. The molecule has 6 heterocycles. The summed E-state index contributed by atoms with van der Waals surface area (Å²) < 4.78 is 13.6. The molecule has 0 saturated carbocycles. The van der Waals surface area contributed by atoms with Crippen LogP contribution in [0.5, 0.6) is 0 Å². The number of ether oxygens (including phenoxy) is 2. The molecular formula is C52H98N12O4. The molecule has 0 aromatic rings. The smallest absolute Gasteiger partial charge is 0.208 e. The molecule has 0 amide bonds. The normalized spacial score (nSPS) is 29.6. The molecule has 390 valence electrons. The molecule has 0 atom stereocenters. The lowest BCUT2D eigenvalue weighted by molar-refractivity contribution is -0.275. The van der Waals surface area contributed by atoms with Gasteiger partial charge in [-0.2, -0.15) is 0 Å². The summed E-state index contributed by atoms with van der Waals surface area (Å²) in [6.45, 7) is 38.2. The van der Waals surface area contributed by atoms with Crippen molar-refractivity contribution in [2.75, 3.05) is 41.3 Å². The maximum Gasteiger partial charge on any atom is 0.208 e. The number of aliphatic imine (C=N–C) groups is 2. The Bertz CT molecular complexity index is 1670. The Morgan fingerprint density at radius 3 is 0.912 bits per heavy atom. The van der Waals surface area contributed by atoms with E-state index in [1.165, 1.54) is 0 Å². The van der Waals surface area contributed by atoms with Crippen LogP contribution in [-0.2, 0) is 19.1 Å². The van der Waals surface area contributed by atoms with Crippen molar-refractivity contribution < 1.29 is 19.1 Å². The first-order valence-electron chi connectivity index (χ1n) is 26.0. The minimum atomic E-state index is -0.0122. The van der Waals surface area contributed by atoms with Crippen molar-refractivity contribution in [2.24, 2.45) is 9.98 Å². The van der Waals surface area contributed by atoms with Crippen LogP contribution in [-0.4, -0.2) is 152 Å². The lowest BCUT2D eigenvalue weighted by atomic mass is 9.79. The average molecular weight is 955 g/mol. The summed E-state index contributed by atoms with van der Waals surface area (Å²) in [6, 6.07) is 0. The quantitative estimate of drug-likeness (QED) is 0.118. The summed E-state index contributed by atoms with van der Waals surface area (Å²) in [5.74, 6) is 2.78. The third kappa shape index (κ3) is 13.2. The predicted molar refractivity (Wildman–Crippen MR) is 276 cm³/mol. The SMILES string of the molecule is CN1C(C)(C)CC(OC2=CC(=NCCCCCCN=C3C=C(OC4CC(C)(C)N(C)C(C)(C)C4)NN(OC4CC(C)(C)N(C)C(C)(C)C4)N3)NN(OC3CC(C)(C)N(C)C(C)(C)C3)N2)CC1(C)C. The van der Waals surface area contributed by atoms with E-state index in [-0.39, 0.29) is 68.7 Å². The van der Waals surface area contributed by atoms with Gasteiger partial charge < -0.3 is 9.47 Å². The van der Waals surface area contributed by atoms with Gasteiger partial charge in [-0.15, -0.1) is 0 Å². The molecule has 0 aromatic carbocycles. The van der Waals surface area contributed by atoms with Gasteiger partial charge in [-0.25, -0.2) is 10.9 Å². The molecule has 16 nitrogen and oxygen atoms in total. The zero-order valence-electron chi connectivity index (χ0n) is 46.6. The highest BCUT2D eigenvalue weighted by Gasteiger charge is 2.48. The van der Waals surface area contributed by atoms with Crippen LogP contribution in [0.4, 0.5) is 0 Å². The standard InChI is InChI=1S/C52H98N12O4/c1-45(2)29-37(30-46(3,4)59(45)17)65-43-27-41(55-63(57-43)67-39-33-49(9,10)61(19)50(11,12)34-39)53-25-23-21-22-24-26-54-42-28-44(66-38-31-47(5,6)60(18)48(7,8)32-38)58-64(56-42)68-40-35-51(13,14)62(20)52(15,16)36-40/h27-28,37-40,57-58H,21-26,29-36H2,1-20H3,(H,53,55)(H,54,56). The van der Waals surface area contributed by atoms with Crippen molar-refractivity contribution in [3.05, 3.63) is 23.9 Å². The van der Waals surface area contributed by atoms with E-state index >= 15 is 0 Å². The number of nitrogens with zero attached hydrogens (tertiary/aromatic N) is 8.